The Balaban J connectivity index is 0.00000289. The van der Waals surface area contributed by atoms with Gasteiger partial charge in [0.05, 0.1) is 33.0 Å². The van der Waals surface area contributed by atoms with Gasteiger partial charge in [0, 0.05) is 51.8 Å². The number of nitrogens with zero attached hydrogens (tertiary/aromatic N) is 3. The predicted octanol–water partition coefficient (Wildman–Crippen LogP) is 2.61. The van der Waals surface area contributed by atoms with E-state index in [-0.39, 0.29) is 30.1 Å². The number of morpholine rings is 2. The highest BCUT2D eigenvalue weighted by molar-refractivity contribution is 14.0. The third-order valence-corrected chi connectivity index (χ3v) is 6.84. The smallest absolute Gasteiger partial charge is 0.193 e. The molecule has 7 nitrogen and oxygen atoms in total. The molecule has 0 radical (unpaired) electrons. The summed E-state index contributed by atoms with van der Waals surface area (Å²) in [6, 6.07) is 7.07. The molecule has 0 aromatic heterocycles. The summed E-state index contributed by atoms with van der Waals surface area (Å²) in [7, 11) is 1.88. The fourth-order valence-corrected chi connectivity index (χ4v) is 5.10. The number of guanidine groups is 1. The van der Waals surface area contributed by atoms with Gasteiger partial charge in [-0.25, -0.2) is 0 Å². The summed E-state index contributed by atoms with van der Waals surface area (Å²) in [6.45, 7) is 12.9. The maximum Gasteiger partial charge on any atom is 0.193 e. The number of hydrogen-bond acceptors (Lipinski definition) is 5. The third kappa shape index (κ3) is 6.34. The van der Waals surface area contributed by atoms with Gasteiger partial charge in [0.25, 0.3) is 0 Å². The molecule has 1 aromatic rings. The highest BCUT2D eigenvalue weighted by Gasteiger charge is 2.32. The van der Waals surface area contributed by atoms with E-state index in [9.17, 15) is 0 Å². The average molecular weight is 559 g/mol. The molecule has 0 bridgehead atoms. The number of benzene rings is 1. The van der Waals surface area contributed by atoms with Crippen molar-refractivity contribution in [3.8, 4) is 0 Å². The van der Waals surface area contributed by atoms with Crippen LogP contribution in [-0.4, -0.2) is 94.6 Å². The Morgan fingerprint density at radius 1 is 1.12 bits per heavy atom. The number of hydrogen-bond donors (Lipinski definition) is 1. The van der Waals surface area contributed by atoms with Crippen molar-refractivity contribution in [2.24, 2.45) is 10.9 Å². The van der Waals surface area contributed by atoms with E-state index in [1.54, 1.807) is 0 Å². The Kier molecular flexibility index (Phi) is 10.0. The minimum Gasteiger partial charge on any atom is -0.381 e. The third-order valence-electron chi connectivity index (χ3n) is 6.84. The van der Waals surface area contributed by atoms with E-state index in [0.717, 1.165) is 71.5 Å². The molecule has 0 aliphatic carbocycles. The van der Waals surface area contributed by atoms with Crippen LogP contribution in [0, 0.1) is 19.8 Å². The van der Waals surface area contributed by atoms with E-state index in [1.807, 2.05) is 7.05 Å². The summed E-state index contributed by atoms with van der Waals surface area (Å²) in [5.41, 5.74) is 3.86. The van der Waals surface area contributed by atoms with Crippen LogP contribution in [0.2, 0.25) is 0 Å². The quantitative estimate of drug-likeness (QED) is 0.341. The SMILES string of the molecule is CN=C(NCC(C1CCOC1)N1CCOCC1)N1CCOC(c2ccc(C)cc2C)C1.I. The Hall–Kier alpha value is -0.940. The summed E-state index contributed by atoms with van der Waals surface area (Å²) in [5.74, 6) is 1.53. The van der Waals surface area contributed by atoms with Gasteiger partial charge in [-0.3, -0.25) is 9.89 Å². The first-order valence-corrected chi connectivity index (χ1v) is 11.7. The van der Waals surface area contributed by atoms with Crippen LogP contribution >= 0.6 is 24.0 Å². The van der Waals surface area contributed by atoms with Crippen molar-refractivity contribution in [2.75, 3.05) is 72.8 Å². The number of aryl methyl sites for hydroxylation is 2. The summed E-state index contributed by atoms with van der Waals surface area (Å²) in [4.78, 5) is 9.53. The van der Waals surface area contributed by atoms with Crippen LogP contribution < -0.4 is 5.32 Å². The fourth-order valence-electron chi connectivity index (χ4n) is 5.10. The largest absolute Gasteiger partial charge is 0.381 e. The zero-order valence-corrected chi connectivity index (χ0v) is 22.0. The number of aliphatic imine (C=N–C) groups is 1. The molecule has 0 spiro atoms. The molecule has 3 saturated heterocycles. The molecular weight excluding hydrogens is 519 g/mol. The van der Waals surface area contributed by atoms with Crippen LogP contribution in [0.3, 0.4) is 0 Å². The van der Waals surface area contributed by atoms with Gasteiger partial charge in [0.2, 0.25) is 0 Å². The molecule has 0 amide bonds. The first-order valence-electron chi connectivity index (χ1n) is 11.7. The van der Waals surface area contributed by atoms with Crippen LogP contribution in [0.5, 0.6) is 0 Å². The molecule has 1 aromatic carbocycles. The van der Waals surface area contributed by atoms with Gasteiger partial charge in [-0.1, -0.05) is 23.8 Å². The number of nitrogens with one attached hydrogen (secondary N) is 1. The standard InChI is InChI=1S/C24H38N4O3.HI/c1-18-4-5-21(19(2)14-18)23-16-28(9-13-31-23)24(25-3)26-15-22(20-6-10-30-17-20)27-7-11-29-12-8-27;/h4-5,14,20,22-23H,6-13,15-17H2,1-3H3,(H,25,26);1H. The Bertz CT molecular complexity index is 751. The number of rotatable bonds is 5. The Morgan fingerprint density at radius 2 is 1.94 bits per heavy atom. The van der Waals surface area contributed by atoms with E-state index < -0.39 is 0 Å². The fraction of sp³-hybridized carbons (Fsp3) is 0.708. The van der Waals surface area contributed by atoms with E-state index in [4.69, 9.17) is 14.2 Å². The molecule has 32 heavy (non-hydrogen) atoms. The van der Waals surface area contributed by atoms with Crippen molar-refractivity contribution in [3.63, 3.8) is 0 Å². The zero-order chi connectivity index (χ0) is 21.6. The molecule has 0 saturated carbocycles. The maximum absolute atomic E-state index is 6.15. The van der Waals surface area contributed by atoms with E-state index >= 15 is 0 Å². The molecule has 3 heterocycles. The molecule has 1 N–H and O–H groups in total. The van der Waals surface area contributed by atoms with Crippen molar-refractivity contribution >= 4 is 29.9 Å². The second-order valence-corrected chi connectivity index (χ2v) is 8.93. The Labute approximate surface area is 209 Å². The molecule has 3 aliphatic rings. The van der Waals surface area contributed by atoms with Crippen LogP contribution in [0.25, 0.3) is 0 Å². The van der Waals surface area contributed by atoms with Crippen molar-refractivity contribution in [1.82, 2.24) is 15.1 Å². The lowest BCUT2D eigenvalue weighted by atomic mass is 9.97. The van der Waals surface area contributed by atoms with Crippen LogP contribution in [-0.2, 0) is 14.2 Å². The van der Waals surface area contributed by atoms with Gasteiger partial charge in [0.1, 0.15) is 6.10 Å². The van der Waals surface area contributed by atoms with Gasteiger partial charge in [0.15, 0.2) is 5.96 Å². The molecule has 3 aliphatic heterocycles. The van der Waals surface area contributed by atoms with Crippen LogP contribution in [0.4, 0.5) is 0 Å². The lowest BCUT2D eigenvalue weighted by Crippen LogP contribution is -2.55. The first kappa shape index (κ1) is 25.7. The minimum absolute atomic E-state index is 0. The van der Waals surface area contributed by atoms with Crippen molar-refractivity contribution in [2.45, 2.75) is 32.4 Å². The maximum atomic E-state index is 6.15. The topological polar surface area (TPSA) is 58.6 Å². The molecular formula is C24H39IN4O3. The van der Waals surface area contributed by atoms with Crippen LogP contribution in [0.1, 0.15) is 29.2 Å². The van der Waals surface area contributed by atoms with E-state index in [0.29, 0.717) is 18.6 Å². The van der Waals surface area contributed by atoms with Gasteiger partial charge in [-0.2, -0.15) is 0 Å². The molecule has 4 rings (SSSR count). The summed E-state index contributed by atoms with van der Waals surface area (Å²) >= 11 is 0. The van der Waals surface area contributed by atoms with Gasteiger partial charge < -0.3 is 24.4 Å². The molecule has 3 unspecified atom stereocenters. The normalized spacial score (nSPS) is 26.0. The minimum atomic E-state index is 0. The monoisotopic (exact) mass is 558 g/mol. The van der Waals surface area contributed by atoms with E-state index in [1.165, 1.54) is 16.7 Å². The summed E-state index contributed by atoms with van der Waals surface area (Å²) in [5, 5.41) is 3.69. The van der Waals surface area contributed by atoms with Gasteiger partial charge in [-0.15, -0.1) is 24.0 Å². The molecule has 8 heteroatoms. The highest BCUT2D eigenvalue weighted by atomic mass is 127. The zero-order valence-electron chi connectivity index (χ0n) is 19.7. The van der Waals surface area contributed by atoms with Crippen molar-refractivity contribution < 1.29 is 14.2 Å². The second-order valence-electron chi connectivity index (χ2n) is 8.93. The number of halogens is 1. The van der Waals surface area contributed by atoms with E-state index in [2.05, 4.69) is 52.2 Å². The summed E-state index contributed by atoms with van der Waals surface area (Å²) in [6.07, 6.45) is 1.21. The second kappa shape index (κ2) is 12.5. The molecule has 3 fully saturated rings. The first-order chi connectivity index (χ1) is 15.2. The lowest BCUT2D eigenvalue weighted by molar-refractivity contribution is -0.00966. The Morgan fingerprint density at radius 3 is 2.62 bits per heavy atom. The highest BCUT2D eigenvalue weighted by Crippen LogP contribution is 2.26. The van der Waals surface area contributed by atoms with Crippen LogP contribution in [0.15, 0.2) is 23.2 Å². The lowest BCUT2D eigenvalue weighted by Gasteiger charge is -2.39. The average Bonchev–Trinajstić information content (AvgIpc) is 3.32. The molecule has 180 valence electrons. The molecule has 3 atom stereocenters. The van der Waals surface area contributed by atoms with Crippen molar-refractivity contribution in [1.29, 1.82) is 0 Å². The van der Waals surface area contributed by atoms with Gasteiger partial charge >= 0.3 is 0 Å². The number of ether oxygens (including phenoxy) is 3. The predicted molar refractivity (Wildman–Crippen MR) is 138 cm³/mol. The summed E-state index contributed by atoms with van der Waals surface area (Å²) < 4.78 is 17.5. The van der Waals surface area contributed by atoms with Gasteiger partial charge in [-0.05, 0) is 31.4 Å². The van der Waals surface area contributed by atoms with Crippen molar-refractivity contribution in [3.05, 3.63) is 34.9 Å².